The second-order valence-corrected chi connectivity index (χ2v) is 8.19. The Balaban J connectivity index is 1.30. The molecule has 0 saturated carbocycles. The first-order valence-electron chi connectivity index (χ1n) is 11.2. The van der Waals surface area contributed by atoms with E-state index in [0.717, 1.165) is 47.4 Å². The van der Waals surface area contributed by atoms with Gasteiger partial charge in [0.2, 0.25) is 0 Å². The number of hydrogen-bond donors (Lipinski definition) is 0. The van der Waals surface area contributed by atoms with Gasteiger partial charge in [-0.15, -0.1) is 0 Å². The van der Waals surface area contributed by atoms with E-state index in [0.29, 0.717) is 18.7 Å². The van der Waals surface area contributed by atoms with E-state index in [4.69, 9.17) is 0 Å². The summed E-state index contributed by atoms with van der Waals surface area (Å²) in [6.07, 6.45) is 1.68. The first-order chi connectivity index (χ1) is 16.1. The zero-order valence-electron chi connectivity index (χ0n) is 18.8. The lowest BCUT2D eigenvalue weighted by atomic mass is 10.1. The minimum absolute atomic E-state index is 0.0261. The molecule has 1 fully saturated rings. The number of hydrogen-bond acceptors (Lipinski definition) is 5. The molecule has 0 unspecified atom stereocenters. The van der Waals surface area contributed by atoms with Crippen molar-refractivity contribution in [2.75, 3.05) is 31.1 Å². The normalized spacial score (nSPS) is 13.9. The molecule has 7 nitrogen and oxygen atoms in total. The molecular formula is C26H26N6O. The van der Waals surface area contributed by atoms with Crippen molar-refractivity contribution in [3.8, 4) is 16.9 Å². The van der Waals surface area contributed by atoms with Gasteiger partial charge in [-0.05, 0) is 26.0 Å². The number of para-hydroxylation sites is 1. The first-order valence-corrected chi connectivity index (χ1v) is 11.2. The van der Waals surface area contributed by atoms with E-state index < -0.39 is 0 Å². The summed E-state index contributed by atoms with van der Waals surface area (Å²) >= 11 is 0. The summed E-state index contributed by atoms with van der Waals surface area (Å²) in [7, 11) is 0. The summed E-state index contributed by atoms with van der Waals surface area (Å²) in [5, 5.41) is 4.45. The van der Waals surface area contributed by atoms with Gasteiger partial charge in [0.25, 0.3) is 5.91 Å². The molecule has 166 valence electrons. The van der Waals surface area contributed by atoms with E-state index in [9.17, 15) is 4.79 Å². The Labute approximate surface area is 193 Å². The van der Waals surface area contributed by atoms with Crippen LogP contribution in [0, 0.1) is 13.8 Å². The standard InChI is InChI=1S/C26H26N6O/c1-19-23(18-27-32(19)22-11-7-4-8-12-22)26(33)31-15-13-30(14-16-31)25-17-24(28-20(2)29-25)21-9-5-3-6-10-21/h3-12,17-18H,13-16H2,1-2H3. The second-order valence-electron chi connectivity index (χ2n) is 8.19. The van der Waals surface area contributed by atoms with E-state index in [1.165, 1.54) is 0 Å². The van der Waals surface area contributed by atoms with Crippen LogP contribution in [0.15, 0.2) is 72.9 Å². The van der Waals surface area contributed by atoms with E-state index in [1.807, 2.05) is 78.0 Å². The van der Waals surface area contributed by atoms with Gasteiger partial charge in [-0.3, -0.25) is 4.79 Å². The van der Waals surface area contributed by atoms with Crippen molar-refractivity contribution in [3.63, 3.8) is 0 Å². The largest absolute Gasteiger partial charge is 0.353 e. The number of anilines is 1. The number of benzene rings is 2. The maximum Gasteiger partial charge on any atom is 0.257 e. The van der Waals surface area contributed by atoms with Crippen molar-refractivity contribution in [2.45, 2.75) is 13.8 Å². The quantitative estimate of drug-likeness (QED) is 0.483. The number of rotatable bonds is 4. The van der Waals surface area contributed by atoms with Crippen molar-refractivity contribution in [1.29, 1.82) is 0 Å². The van der Waals surface area contributed by atoms with E-state index in [1.54, 1.807) is 6.20 Å². The Kier molecular flexibility index (Phi) is 5.60. The predicted octanol–water partition coefficient (Wildman–Crippen LogP) is 3.91. The van der Waals surface area contributed by atoms with Gasteiger partial charge in [0.1, 0.15) is 11.6 Å². The highest BCUT2D eigenvalue weighted by atomic mass is 16.2. The van der Waals surface area contributed by atoms with E-state index in [2.05, 4.69) is 32.1 Å². The third-order valence-corrected chi connectivity index (χ3v) is 6.03. The third-order valence-electron chi connectivity index (χ3n) is 6.03. The highest BCUT2D eigenvalue weighted by Gasteiger charge is 2.26. The van der Waals surface area contributed by atoms with Crippen molar-refractivity contribution in [3.05, 3.63) is 90.0 Å². The van der Waals surface area contributed by atoms with Gasteiger partial charge in [0.15, 0.2) is 0 Å². The molecule has 5 rings (SSSR count). The number of piperazine rings is 1. The maximum absolute atomic E-state index is 13.2. The molecule has 0 atom stereocenters. The van der Waals surface area contributed by atoms with Gasteiger partial charge in [-0.1, -0.05) is 48.5 Å². The van der Waals surface area contributed by atoms with Crippen LogP contribution in [0.3, 0.4) is 0 Å². The van der Waals surface area contributed by atoms with E-state index >= 15 is 0 Å². The van der Waals surface area contributed by atoms with Crippen LogP contribution in [0.4, 0.5) is 5.82 Å². The van der Waals surface area contributed by atoms with Crippen LogP contribution >= 0.6 is 0 Å². The van der Waals surface area contributed by atoms with Gasteiger partial charge in [-0.25, -0.2) is 14.6 Å². The third kappa shape index (κ3) is 4.22. The Morgan fingerprint density at radius 2 is 1.52 bits per heavy atom. The summed E-state index contributed by atoms with van der Waals surface area (Å²) in [6, 6.07) is 22.0. The molecule has 0 bridgehead atoms. The van der Waals surface area contributed by atoms with Gasteiger partial charge in [-0.2, -0.15) is 5.10 Å². The van der Waals surface area contributed by atoms with Gasteiger partial charge < -0.3 is 9.80 Å². The van der Waals surface area contributed by atoms with Crippen molar-refractivity contribution in [1.82, 2.24) is 24.6 Å². The van der Waals surface area contributed by atoms with Crippen LogP contribution < -0.4 is 4.90 Å². The highest BCUT2D eigenvalue weighted by Crippen LogP contribution is 2.23. The molecule has 0 aliphatic carbocycles. The topological polar surface area (TPSA) is 67.2 Å². The van der Waals surface area contributed by atoms with Crippen LogP contribution in [0.25, 0.3) is 16.9 Å². The minimum atomic E-state index is 0.0261. The Bertz CT molecular complexity index is 1260. The molecule has 1 amide bonds. The van der Waals surface area contributed by atoms with Crippen LogP contribution in [-0.4, -0.2) is 56.7 Å². The van der Waals surface area contributed by atoms with Crippen LogP contribution in [0.1, 0.15) is 21.9 Å². The number of aromatic nitrogens is 4. The zero-order valence-corrected chi connectivity index (χ0v) is 18.8. The highest BCUT2D eigenvalue weighted by molar-refractivity contribution is 5.95. The number of carbonyl (C=O) groups is 1. The summed E-state index contributed by atoms with van der Waals surface area (Å²) < 4.78 is 1.82. The molecule has 0 spiro atoms. The molecule has 1 aliphatic heterocycles. The lowest BCUT2D eigenvalue weighted by Gasteiger charge is -2.35. The average Bonchev–Trinajstić information content (AvgIpc) is 3.25. The van der Waals surface area contributed by atoms with Gasteiger partial charge in [0.05, 0.1) is 28.8 Å². The fraction of sp³-hybridized carbons (Fsp3) is 0.231. The molecule has 0 radical (unpaired) electrons. The maximum atomic E-state index is 13.2. The van der Waals surface area contributed by atoms with Crippen LogP contribution in [0.5, 0.6) is 0 Å². The van der Waals surface area contributed by atoms with Gasteiger partial charge in [0, 0.05) is 37.8 Å². The number of aryl methyl sites for hydroxylation is 1. The lowest BCUT2D eigenvalue weighted by molar-refractivity contribution is 0.0745. The molecule has 3 heterocycles. The van der Waals surface area contributed by atoms with Crippen molar-refractivity contribution >= 4 is 11.7 Å². The number of nitrogens with zero attached hydrogens (tertiary/aromatic N) is 6. The molecule has 1 saturated heterocycles. The first kappa shape index (κ1) is 20.9. The van der Waals surface area contributed by atoms with Crippen LogP contribution in [-0.2, 0) is 0 Å². The average molecular weight is 439 g/mol. The number of amides is 1. The van der Waals surface area contributed by atoms with E-state index in [-0.39, 0.29) is 5.91 Å². The SMILES string of the molecule is Cc1nc(-c2ccccc2)cc(N2CCN(C(=O)c3cnn(-c4ccccc4)c3C)CC2)n1. The Morgan fingerprint density at radius 1 is 0.848 bits per heavy atom. The van der Waals surface area contributed by atoms with Crippen molar-refractivity contribution < 1.29 is 4.79 Å². The molecule has 2 aromatic carbocycles. The molecule has 1 aliphatic rings. The molecule has 4 aromatic rings. The second kappa shape index (κ2) is 8.86. The monoisotopic (exact) mass is 438 g/mol. The predicted molar refractivity (Wildman–Crippen MR) is 129 cm³/mol. The minimum Gasteiger partial charge on any atom is -0.353 e. The fourth-order valence-corrected chi connectivity index (χ4v) is 4.23. The Hall–Kier alpha value is -4.00. The summed E-state index contributed by atoms with van der Waals surface area (Å²) in [5.41, 5.74) is 4.45. The van der Waals surface area contributed by atoms with Crippen LogP contribution in [0.2, 0.25) is 0 Å². The molecule has 33 heavy (non-hydrogen) atoms. The smallest absolute Gasteiger partial charge is 0.257 e. The van der Waals surface area contributed by atoms with Gasteiger partial charge >= 0.3 is 0 Å². The molecule has 2 aromatic heterocycles. The summed E-state index contributed by atoms with van der Waals surface area (Å²) in [5.74, 6) is 1.67. The summed E-state index contributed by atoms with van der Waals surface area (Å²) in [4.78, 5) is 26.6. The van der Waals surface area contributed by atoms with Crippen molar-refractivity contribution in [2.24, 2.45) is 0 Å². The Morgan fingerprint density at radius 3 is 2.21 bits per heavy atom. The zero-order chi connectivity index (χ0) is 22.8. The fourth-order valence-electron chi connectivity index (χ4n) is 4.23. The molecule has 0 N–H and O–H groups in total. The molecule has 7 heteroatoms. The number of carbonyl (C=O) groups excluding carboxylic acids is 1. The summed E-state index contributed by atoms with van der Waals surface area (Å²) in [6.45, 7) is 6.59. The molecular weight excluding hydrogens is 412 g/mol. The lowest BCUT2D eigenvalue weighted by Crippen LogP contribution is -2.49.